The SMILES string of the molecule is C=CCCC(=O)OC(CNC(=O)C(CC=C)CC(=O)NCCOCCO)c1ccccc1. The number of allylic oxidation sites excluding steroid dienone is 2. The van der Waals surface area contributed by atoms with Crippen molar-refractivity contribution in [1.82, 2.24) is 10.6 Å². The Morgan fingerprint density at radius 1 is 1.06 bits per heavy atom. The summed E-state index contributed by atoms with van der Waals surface area (Å²) in [5, 5.41) is 14.1. The van der Waals surface area contributed by atoms with Gasteiger partial charge in [-0.3, -0.25) is 14.4 Å². The number of benzene rings is 1. The molecule has 1 rings (SSSR count). The van der Waals surface area contributed by atoms with Gasteiger partial charge in [0.15, 0.2) is 0 Å². The average molecular weight is 447 g/mol. The van der Waals surface area contributed by atoms with Crippen LogP contribution >= 0.6 is 0 Å². The zero-order valence-electron chi connectivity index (χ0n) is 18.5. The molecule has 0 bridgehead atoms. The molecule has 0 saturated heterocycles. The molecule has 2 amide bonds. The standard InChI is InChI=1S/C24H34N2O6/c1-3-5-12-23(29)32-21(19-10-7-6-8-11-19)18-26-24(30)20(9-4-2)17-22(28)25-13-15-31-16-14-27/h3-4,6-8,10-11,20-21,27H,1-2,5,9,12-18H2,(H,25,28)(H,26,30). The smallest absolute Gasteiger partial charge is 0.306 e. The number of carbonyl (C=O) groups is 3. The fourth-order valence-electron chi connectivity index (χ4n) is 2.88. The Balaban J connectivity index is 2.65. The number of ether oxygens (including phenoxy) is 2. The Hall–Kier alpha value is -2.97. The molecule has 2 atom stereocenters. The number of hydrogen-bond donors (Lipinski definition) is 3. The second kappa shape index (κ2) is 16.7. The molecular formula is C24H34N2O6. The lowest BCUT2D eigenvalue weighted by atomic mass is 9.99. The van der Waals surface area contributed by atoms with Crippen LogP contribution in [0.2, 0.25) is 0 Å². The summed E-state index contributed by atoms with van der Waals surface area (Å²) in [6, 6.07) is 9.16. The van der Waals surface area contributed by atoms with Crippen molar-refractivity contribution in [2.24, 2.45) is 5.92 Å². The summed E-state index contributed by atoms with van der Waals surface area (Å²) in [6.07, 6.45) is 3.63. The van der Waals surface area contributed by atoms with Crippen molar-refractivity contribution < 1.29 is 29.0 Å². The predicted molar refractivity (Wildman–Crippen MR) is 122 cm³/mol. The first-order valence-corrected chi connectivity index (χ1v) is 10.7. The van der Waals surface area contributed by atoms with Crippen LogP contribution < -0.4 is 10.6 Å². The molecule has 0 aliphatic rings. The van der Waals surface area contributed by atoms with E-state index in [1.165, 1.54) is 0 Å². The molecule has 8 nitrogen and oxygen atoms in total. The minimum atomic E-state index is -0.639. The van der Waals surface area contributed by atoms with Gasteiger partial charge in [0.05, 0.1) is 32.3 Å². The molecule has 1 aromatic rings. The van der Waals surface area contributed by atoms with E-state index < -0.39 is 12.0 Å². The van der Waals surface area contributed by atoms with Crippen LogP contribution in [0.5, 0.6) is 0 Å². The van der Waals surface area contributed by atoms with Crippen LogP contribution in [0.1, 0.15) is 37.4 Å². The van der Waals surface area contributed by atoms with E-state index in [4.69, 9.17) is 14.6 Å². The summed E-state index contributed by atoms with van der Waals surface area (Å²) in [7, 11) is 0. The second-order valence-electron chi connectivity index (χ2n) is 7.07. The van der Waals surface area contributed by atoms with Crippen molar-refractivity contribution in [3.8, 4) is 0 Å². The average Bonchev–Trinajstić information content (AvgIpc) is 2.80. The Morgan fingerprint density at radius 2 is 1.81 bits per heavy atom. The third kappa shape index (κ3) is 11.4. The molecule has 0 fully saturated rings. The molecule has 0 saturated carbocycles. The highest BCUT2D eigenvalue weighted by molar-refractivity contribution is 5.86. The molecule has 8 heteroatoms. The third-order valence-electron chi connectivity index (χ3n) is 4.52. The quantitative estimate of drug-likeness (QED) is 0.192. The molecule has 32 heavy (non-hydrogen) atoms. The molecule has 2 unspecified atom stereocenters. The van der Waals surface area contributed by atoms with Crippen LogP contribution in [0.4, 0.5) is 0 Å². The zero-order valence-corrected chi connectivity index (χ0v) is 18.5. The Kier molecular flexibility index (Phi) is 14.1. The number of hydrogen-bond acceptors (Lipinski definition) is 6. The van der Waals surface area contributed by atoms with E-state index in [1.807, 2.05) is 30.3 Å². The molecule has 176 valence electrons. The van der Waals surface area contributed by atoms with Gasteiger partial charge in [0, 0.05) is 19.4 Å². The monoisotopic (exact) mass is 446 g/mol. The normalized spacial score (nSPS) is 12.3. The van der Waals surface area contributed by atoms with Crippen LogP contribution in [0, 0.1) is 5.92 Å². The molecule has 3 N–H and O–H groups in total. The van der Waals surface area contributed by atoms with Crippen LogP contribution in [0.25, 0.3) is 0 Å². The first-order valence-electron chi connectivity index (χ1n) is 10.7. The minimum Gasteiger partial charge on any atom is -0.456 e. The number of aliphatic hydroxyl groups is 1. The van der Waals surface area contributed by atoms with Gasteiger partial charge >= 0.3 is 5.97 Å². The minimum absolute atomic E-state index is 0.00696. The van der Waals surface area contributed by atoms with E-state index >= 15 is 0 Å². The van der Waals surface area contributed by atoms with Crippen LogP contribution in [0.15, 0.2) is 55.6 Å². The van der Waals surface area contributed by atoms with Crippen molar-refractivity contribution in [1.29, 1.82) is 0 Å². The summed E-state index contributed by atoms with van der Waals surface area (Å²) < 4.78 is 10.7. The zero-order chi connectivity index (χ0) is 23.6. The fraction of sp³-hybridized carbons (Fsp3) is 0.458. The van der Waals surface area contributed by atoms with Crippen molar-refractivity contribution in [3.63, 3.8) is 0 Å². The van der Waals surface area contributed by atoms with Gasteiger partial charge in [0.2, 0.25) is 11.8 Å². The van der Waals surface area contributed by atoms with E-state index in [0.717, 1.165) is 5.56 Å². The van der Waals surface area contributed by atoms with Crippen LogP contribution in [-0.2, 0) is 23.9 Å². The number of esters is 1. The Bertz CT molecular complexity index is 722. The summed E-state index contributed by atoms with van der Waals surface area (Å²) in [5.41, 5.74) is 0.764. The molecular weight excluding hydrogens is 412 g/mol. The predicted octanol–water partition coefficient (Wildman–Crippen LogP) is 2.06. The molecule has 0 aromatic heterocycles. The van der Waals surface area contributed by atoms with Crippen molar-refractivity contribution >= 4 is 17.8 Å². The molecule has 1 aromatic carbocycles. The number of amides is 2. The molecule has 0 aliphatic heterocycles. The fourth-order valence-corrected chi connectivity index (χ4v) is 2.88. The van der Waals surface area contributed by atoms with E-state index in [0.29, 0.717) is 12.8 Å². The molecule has 0 aliphatic carbocycles. The van der Waals surface area contributed by atoms with Crippen molar-refractivity contribution in [2.75, 3.05) is 32.9 Å². The maximum absolute atomic E-state index is 12.7. The highest BCUT2D eigenvalue weighted by atomic mass is 16.5. The van der Waals surface area contributed by atoms with Gasteiger partial charge in [-0.05, 0) is 18.4 Å². The lowest BCUT2D eigenvalue weighted by molar-refractivity contribution is -0.150. The Labute approximate surface area is 189 Å². The summed E-state index contributed by atoms with van der Waals surface area (Å²) in [6.45, 7) is 8.05. The van der Waals surface area contributed by atoms with Crippen LogP contribution in [0.3, 0.4) is 0 Å². The van der Waals surface area contributed by atoms with Gasteiger partial charge in [-0.2, -0.15) is 0 Å². The lowest BCUT2D eigenvalue weighted by Crippen LogP contribution is -2.38. The molecule has 0 heterocycles. The van der Waals surface area contributed by atoms with Gasteiger partial charge < -0.3 is 25.2 Å². The third-order valence-corrected chi connectivity index (χ3v) is 4.52. The second-order valence-corrected chi connectivity index (χ2v) is 7.07. The number of rotatable bonds is 17. The van der Waals surface area contributed by atoms with Gasteiger partial charge in [0.1, 0.15) is 6.10 Å². The van der Waals surface area contributed by atoms with Crippen molar-refractivity contribution in [2.45, 2.75) is 31.8 Å². The van der Waals surface area contributed by atoms with Gasteiger partial charge in [-0.15, -0.1) is 13.2 Å². The number of carbonyl (C=O) groups excluding carboxylic acids is 3. The van der Waals surface area contributed by atoms with E-state index in [9.17, 15) is 14.4 Å². The Morgan fingerprint density at radius 3 is 2.47 bits per heavy atom. The maximum atomic E-state index is 12.7. The first kappa shape index (κ1) is 27.1. The summed E-state index contributed by atoms with van der Waals surface area (Å²) >= 11 is 0. The first-order chi connectivity index (χ1) is 15.5. The van der Waals surface area contributed by atoms with Gasteiger partial charge in [-0.1, -0.05) is 42.5 Å². The molecule has 0 spiro atoms. The van der Waals surface area contributed by atoms with Crippen molar-refractivity contribution in [3.05, 3.63) is 61.2 Å². The number of aliphatic hydroxyl groups excluding tert-OH is 1. The highest BCUT2D eigenvalue weighted by Crippen LogP contribution is 2.18. The largest absolute Gasteiger partial charge is 0.456 e. The van der Waals surface area contributed by atoms with Gasteiger partial charge in [-0.25, -0.2) is 0 Å². The van der Waals surface area contributed by atoms with E-state index in [1.54, 1.807) is 12.2 Å². The van der Waals surface area contributed by atoms with E-state index in [2.05, 4.69) is 23.8 Å². The maximum Gasteiger partial charge on any atom is 0.306 e. The number of nitrogens with one attached hydrogen (secondary N) is 2. The topological polar surface area (TPSA) is 114 Å². The van der Waals surface area contributed by atoms with Crippen LogP contribution in [-0.4, -0.2) is 55.8 Å². The highest BCUT2D eigenvalue weighted by Gasteiger charge is 2.23. The lowest BCUT2D eigenvalue weighted by Gasteiger charge is -2.21. The molecule has 0 radical (unpaired) electrons. The van der Waals surface area contributed by atoms with E-state index in [-0.39, 0.29) is 63.5 Å². The summed E-state index contributed by atoms with van der Waals surface area (Å²) in [5.74, 6) is -1.58. The van der Waals surface area contributed by atoms with Gasteiger partial charge in [0.25, 0.3) is 0 Å². The summed E-state index contributed by atoms with van der Waals surface area (Å²) in [4.78, 5) is 37.0.